The molecule has 1 rings (SSSR count). The second-order valence-electron chi connectivity index (χ2n) is 3.81. The van der Waals surface area contributed by atoms with Gasteiger partial charge in [-0.2, -0.15) is 0 Å². The molecule has 15 heavy (non-hydrogen) atoms. The normalized spacial score (nSPS) is 14.7. The molecule has 0 N–H and O–H groups in total. The molecule has 2 atom stereocenters. The first-order valence-electron chi connectivity index (χ1n) is 5.02. The van der Waals surface area contributed by atoms with Crippen molar-refractivity contribution in [1.82, 2.24) is 0 Å². The molecule has 0 saturated carbocycles. The zero-order valence-electron chi connectivity index (χ0n) is 9.26. The van der Waals surface area contributed by atoms with Gasteiger partial charge in [-0.1, -0.05) is 13.0 Å². The standard InChI is InChI=1S/C12H16ClFO/c1-8(6-9(2)13)10-4-5-12(15-3)11(14)7-10/h4-5,7-9H,6H2,1-3H3. The molecule has 0 fully saturated rings. The van der Waals surface area contributed by atoms with Crippen molar-refractivity contribution in [3.05, 3.63) is 29.6 Å². The Morgan fingerprint density at radius 3 is 2.53 bits per heavy atom. The van der Waals surface area contributed by atoms with Gasteiger partial charge in [-0.25, -0.2) is 4.39 Å². The van der Waals surface area contributed by atoms with E-state index in [1.165, 1.54) is 13.2 Å². The summed E-state index contributed by atoms with van der Waals surface area (Å²) in [5, 5.41) is 0.102. The number of rotatable bonds is 4. The third kappa shape index (κ3) is 3.38. The molecular formula is C12H16ClFO. The van der Waals surface area contributed by atoms with E-state index in [9.17, 15) is 4.39 Å². The highest BCUT2D eigenvalue weighted by atomic mass is 35.5. The maximum atomic E-state index is 13.4. The lowest BCUT2D eigenvalue weighted by Crippen LogP contribution is -2.01. The van der Waals surface area contributed by atoms with Gasteiger partial charge in [0.05, 0.1) is 7.11 Å². The summed E-state index contributed by atoms with van der Waals surface area (Å²) in [6, 6.07) is 5.05. The van der Waals surface area contributed by atoms with Gasteiger partial charge in [0.1, 0.15) is 0 Å². The van der Waals surface area contributed by atoms with Crippen LogP contribution in [0.1, 0.15) is 31.7 Å². The predicted molar refractivity (Wildman–Crippen MR) is 61.3 cm³/mol. The molecule has 84 valence electrons. The van der Waals surface area contributed by atoms with E-state index >= 15 is 0 Å². The van der Waals surface area contributed by atoms with Gasteiger partial charge < -0.3 is 4.74 Å². The number of hydrogen-bond donors (Lipinski definition) is 0. The summed E-state index contributed by atoms with van der Waals surface area (Å²) in [6.07, 6.45) is 0.841. The third-order valence-electron chi connectivity index (χ3n) is 2.42. The van der Waals surface area contributed by atoms with Crippen LogP contribution in [0.3, 0.4) is 0 Å². The predicted octanol–water partition coefficient (Wildman–Crippen LogP) is 3.96. The lowest BCUT2D eigenvalue weighted by molar-refractivity contribution is 0.386. The van der Waals surface area contributed by atoms with E-state index in [1.807, 2.05) is 19.9 Å². The molecule has 0 heterocycles. The van der Waals surface area contributed by atoms with E-state index in [4.69, 9.17) is 16.3 Å². The fourth-order valence-corrected chi connectivity index (χ4v) is 1.88. The Kier molecular flexibility index (Phi) is 4.40. The van der Waals surface area contributed by atoms with Crippen molar-refractivity contribution in [3.8, 4) is 5.75 Å². The van der Waals surface area contributed by atoms with Gasteiger partial charge in [0.15, 0.2) is 11.6 Å². The number of halogens is 2. The summed E-state index contributed by atoms with van der Waals surface area (Å²) >= 11 is 5.90. The van der Waals surface area contributed by atoms with Gasteiger partial charge in [-0.3, -0.25) is 0 Å². The summed E-state index contributed by atoms with van der Waals surface area (Å²) in [5.41, 5.74) is 0.959. The minimum atomic E-state index is -0.316. The third-order valence-corrected chi connectivity index (χ3v) is 2.60. The van der Waals surface area contributed by atoms with Crippen molar-refractivity contribution in [2.75, 3.05) is 7.11 Å². The quantitative estimate of drug-likeness (QED) is 0.712. The summed E-state index contributed by atoms with van der Waals surface area (Å²) in [5.74, 6) is 0.229. The molecule has 0 spiro atoms. The minimum Gasteiger partial charge on any atom is -0.494 e. The largest absolute Gasteiger partial charge is 0.494 e. The molecule has 0 aliphatic carbocycles. The lowest BCUT2D eigenvalue weighted by atomic mass is 9.96. The number of methoxy groups -OCH3 is 1. The Hall–Kier alpha value is -0.760. The molecule has 0 aliphatic heterocycles. The highest BCUT2D eigenvalue weighted by Crippen LogP contribution is 2.26. The monoisotopic (exact) mass is 230 g/mol. The number of benzene rings is 1. The van der Waals surface area contributed by atoms with Crippen molar-refractivity contribution in [2.45, 2.75) is 31.6 Å². The fraction of sp³-hybridized carbons (Fsp3) is 0.500. The van der Waals surface area contributed by atoms with Gasteiger partial charge in [0, 0.05) is 5.38 Å². The van der Waals surface area contributed by atoms with E-state index in [2.05, 4.69) is 0 Å². The summed E-state index contributed by atoms with van der Waals surface area (Å²) < 4.78 is 18.2. The Bertz CT molecular complexity index is 325. The van der Waals surface area contributed by atoms with Crippen LogP contribution in [0, 0.1) is 5.82 Å². The van der Waals surface area contributed by atoms with E-state index in [1.54, 1.807) is 6.07 Å². The Morgan fingerprint density at radius 1 is 1.40 bits per heavy atom. The van der Waals surface area contributed by atoms with Crippen molar-refractivity contribution >= 4 is 11.6 Å². The summed E-state index contributed by atoms with van der Waals surface area (Å²) in [7, 11) is 1.46. The van der Waals surface area contributed by atoms with Crippen LogP contribution in [0.4, 0.5) is 4.39 Å². The first kappa shape index (κ1) is 12.3. The van der Waals surface area contributed by atoms with Crippen LogP contribution in [0.2, 0.25) is 0 Å². The first-order chi connectivity index (χ1) is 7.04. The molecule has 0 radical (unpaired) electrons. The number of hydrogen-bond acceptors (Lipinski definition) is 1. The Morgan fingerprint density at radius 2 is 2.07 bits per heavy atom. The van der Waals surface area contributed by atoms with E-state index in [-0.39, 0.29) is 22.9 Å². The van der Waals surface area contributed by atoms with Crippen LogP contribution in [0.25, 0.3) is 0 Å². The van der Waals surface area contributed by atoms with Crippen LogP contribution in [-0.2, 0) is 0 Å². The maximum Gasteiger partial charge on any atom is 0.165 e. The molecule has 0 aliphatic rings. The van der Waals surface area contributed by atoms with Crippen LogP contribution >= 0.6 is 11.6 Å². The zero-order chi connectivity index (χ0) is 11.4. The summed E-state index contributed by atoms with van der Waals surface area (Å²) in [6.45, 7) is 3.98. The molecule has 0 aromatic heterocycles. The Labute approximate surface area is 95.2 Å². The van der Waals surface area contributed by atoms with Crippen LogP contribution in [-0.4, -0.2) is 12.5 Å². The number of ether oxygens (including phenoxy) is 1. The topological polar surface area (TPSA) is 9.23 Å². The lowest BCUT2D eigenvalue weighted by Gasteiger charge is -2.14. The second kappa shape index (κ2) is 5.36. The van der Waals surface area contributed by atoms with Crippen molar-refractivity contribution in [3.63, 3.8) is 0 Å². The molecule has 0 bridgehead atoms. The van der Waals surface area contributed by atoms with Crippen molar-refractivity contribution < 1.29 is 9.13 Å². The van der Waals surface area contributed by atoms with Crippen LogP contribution in [0.5, 0.6) is 5.75 Å². The van der Waals surface area contributed by atoms with Gasteiger partial charge in [0.2, 0.25) is 0 Å². The molecule has 3 heteroatoms. The number of alkyl halides is 1. The Balaban J connectivity index is 2.82. The highest BCUT2D eigenvalue weighted by molar-refractivity contribution is 6.20. The van der Waals surface area contributed by atoms with Gasteiger partial charge in [-0.05, 0) is 37.0 Å². The highest BCUT2D eigenvalue weighted by Gasteiger charge is 2.11. The molecular weight excluding hydrogens is 215 g/mol. The maximum absolute atomic E-state index is 13.4. The smallest absolute Gasteiger partial charge is 0.165 e. The van der Waals surface area contributed by atoms with Gasteiger partial charge in [-0.15, -0.1) is 11.6 Å². The summed E-state index contributed by atoms with van der Waals surface area (Å²) in [4.78, 5) is 0. The van der Waals surface area contributed by atoms with E-state index in [0.29, 0.717) is 0 Å². The van der Waals surface area contributed by atoms with Gasteiger partial charge >= 0.3 is 0 Å². The SMILES string of the molecule is COc1ccc(C(C)CC(C)Cl)cc1F. The van der Waals surface area contributed by atoms with E-state index < -0.39 is 0 Å². The van der Waals surface area contributed by atoms with Crippen molar-refractivity contribution in [1.29, 1.82) is 0 Å². The second-order valence-corrected chi connectivity index (χ2v) is 4.56. The average Bonchev–Trinajstić information content (AvgIpc) is 2.16. The molecule has 1 aromatic carbocycles. The molecule has 0 amide bonds. The first-order valence-corrected chi connectivity index (χ1v) is 5.45. The minimum absolute atomic E-state index is 0.102. The molecule has 0 saturated heterocycles. The van der Waals surface area contributed by atoms with E-state index in [0.717, 1.165) is 12.0 Å². The fourth-order valence-electron chi connectivity index (χ4n) is 1.61. The van der Waals surface area contributed by atoms with Crippen LogP contribution in [0.15, 0.2) is 18.2 Å². The average molecular weight is 231 g/mol. The molecule has 1 aromatic rings. The molecule has 2 unspecified atom stereocenters. The zero-order valence-corrected chi connectivity index (χ0v) is 10.0. The van der Waals surface area contributed by atoms with Gasteiger partial charge in [0.25, 0.3) is 0 Å². The van der Waals surface area contributed by atoms with Crippen molar-refractivity contribution in [2.24, 2.45) is 0 Å². The molecule has 1 nitrogen and oxygen atoms in total. The van der Waals surface area contributed by atoms with Crippen LogP contribution < -0.4 is 4.74 Å².